The second kappa shape index (κ2) is 6.10. The highest BCUT2D eigenvalue weighted by Gasteiger charge is 2.05. The SMILES string of the molecule is CCCN(CCCl)c1ccc(Cl)cn1. The third kappa shape index (κ3) is 3.35. The molecule has 0 amide bonds. The van der Waals surface area contributed by atoms with Crippen LogP contribution in [-0.2, 0) is 0 Å². The quantitative estimate of drug-likeness (QED) is 0.726. The van der Waals surface area contributed by atoms with Gasteiger partial charge in [-0.3, -0.25) is 0 Å². The Labute approximate surface area is 94.8 Å². The standard InChI is InChI=1S/C10H14Cl2N2/c1-2-6-14(7-5-11)10-4-3-9(12)8-13-10/h3-4,8H,2,5-7H2,1H3. The van der Waals surface area contributed by atoms with Gasteiger partial charge in [0.2, 0.25) is 0 Å². The van der Waals surface area contributed by atoms with Crippen molar-refractivity contribution in [3.63, 3.8) is 0 Å². The first kappa shape index (κ1) is 11.6. The monoisotopic (exact) mass is 232 g/mol. The zero-order valence-corrected chi connectivity index (χ0v) is 9.72. The first-order chi connectivity index (χ1) is 6.77. The van der Waals surface area contributed by atoms with Gasteiger partial charge in [-0.1, -0.05) is 18.5 Å². The molecule has 0 spiro atoms. The number of halogens is 2. The van der Waals surface area contributed by atoms with Crippen LogP contribution in [0.2, 0.25) is 5.02 Å². The van der Waals surface area contributed by atoms with Crippen LogP contribution in [0, 0.1) is 0 Å². The van der Waals surface area contributed by atoms with Gasteiger partial charge < -0.3 is 4.90 Å². The van der Waals surface area contributed by atoms with E-state index in [2.05, 4.69) is 16.8 Å². The minimum Gasteiger partial charge on any atom is -0.355 e. The molecule has 0 atom stereocenters. The fourth-order valence-electron chi connectivity index (χ4n) is 1.27. The van der Waals surface area contributed by atoms with Gasteiger partial charge in [-0.25, -0.2) is 4.98 Å². The van der Waals surface area contributed by atoms with Crippen molar-refractivity contribution in [2.45, 2.75) is 13.3 Å². The third-order valence-corrected chi connectivity index (χ3v) is 2.28. The lowest BCUT2D eigenvalue weighted by molar-refractivity contribution is 0.781. The van der Waals surface area contributed by atoms with Gasteiger partial charge in [0.15, 0.2) is 0 Å². The van der Waals surface area contributed by atoms with E-state index in [4.69, 9.17) is 23.2 Å². The molecule has 0 saturated carbocycles. The Kier molecular flexibility index (Phi) is 5.05. The van der Waals surface area contributed by atoms with E-state index in [0.717, 1.165) is 25.3 Å². The van der Waals surface area contributed by atoms with Gasteiger partial charge in [0, 0.05) is 25.2 Å². The summed E-state index contributed by atoms with van der Waals surface area (Å²) >= 11 is 11.5. The second-order valence-electron chi connectivity index (χ2n) is 3.01. The smallest absolute Gasteiger partial charge is 0.128 e. The fraction of sp³-hybridized carbons (Fsp3) is 0.500. The van der Waals surface area contributed by atoms with Gasteiger partial charge in [0.25, 0.3) is 0 Å². The lowest BCUT2D eigenvalue weighted by Crippen LogP contribution is -2.26. The average Bonchev–Trinajstić information content (AvgIpc) is 2.19. The van der Waals surface area contributed by atoms with E-state index in [1.54, 1.807) is 6.20 Å². The maximum atomic E-state index is 5.76. The van der Waals surface area contributed by atoms with E-state index < -0.39 is 0 Å². The Bertz CT molecular complexity index is 255. The molecule has 0 fully saturated rings. The number of alkyl halides is 1. The van der Waals surface area contributed by atoms with Crippen LogP contribution in [0.15, 0.2) is 18.3 Å². The third-order valence-electron chi connectivity index (χ3n) is 1.88. The van der Waals surface area contributed by atoms with Crippen molar-refractivity contribution in [1.82, 2.24) is 4.98 Å². The summed E-state index contributed by atoms with van der Waals surface area (Å²) in [6.45, 7) is 3.93. The summed E-state index contributed by atoms with van der Waals surface area (Å²) in [4.78, 5) is 6.41. The van der Waals surface area contributed by atoms with Crippen LogP contribution in [0.4, 0.5) is 5.82 Å². The highest BCUT2D eigenvalue weighted by Crippen LogP contribution is 2.14. The molecule has 4 heteroatoms. The normalized spacial score (nSPS) is 10.2. The van der Waals surface area contributed by atoms with Gasteiger partial charge in [0.05, 0.1) is 5.02 Å². The number of nitrogens with zero attached hydrogens (tertiary/aromatic N) is 2. The molecule has 2 nitrogen and oxygen atoms in total. The van der Waals surface area contributed by atoms with E-state index >= 15 is 0 Å². The fourth-order valence-corrected chi connectivity index (χ4v) is 1.58. The number of hydrogen-bond donors (Lipinski definition) is 0. The molecule has 14 heavy (non-hydrogen) atoms. The summed E-state index contributed by atoms with van der Waals surface area (Å²) in [6.07, 6.45) is 2.75. The molecule has 1 aromatic heterocycles. The minimum atomic E-state index is 0.615. The van der Waals surface area contributed by atoms with E-state index in [1.165, 1.54) is 0 Å². The molecule has 0 unspecified atom stereocenters. The first-order valence-electron chi connectivity index (χ1n) is 4.70. The number of aromatic nitrogens is 1. The largest absolute Gasteiger partial charge is 0.355 e. The van der Waals surface area contributed by atoms with Crippen LogP contribution >= 0.6 is 23.2 Å². The number of pyridine rings is 1. The van der Waals surface area contributed by atoms with Gasteiger partial charge >= 0.3 is 0 Å². The molecule has 1 rings (SSSR count). The van der Waals surface area contributed by atoms with Crippen molar-refractivity contribution in [1.29, 1.82) is 0 Å². The van der Waals surface area contributed by atoms with E-state index in [1.807, 2.05) is 12.1 Å². The van der Waals surface area contributed by atoms with Crippen molar-refractivity contribution in [3.05, 3.63) is 23.4 Å². The Morgan fingerprint density at radius 2 is 2.14 bits per heavy atom. The molecule has 0 N–H and O–H groups in total. The lowest BCUT2D eigenvalue weighted by atomic mass is 10.3. The lowest BCUT2D eigenvalue weighted by Gasteiger charge is -2.21. The molecule has 1 aromatic rings. The van der Waals surface area contributed by atoms with Crippen molar-refractivity contribution in [2.75, 3.05) is 23.9 Å². The van der Waals surface area contributed by atoms with Crippen LogP contribution in [0.3, 0.4) is 0 Å². The zero-order chi connectivity index (χ0) is 10.4. The van der Waals surface area contributed by atoms with Crippen molar-refractivity contribution < 1.29 is 0 Å². The van der Waals surface area contributed by atoms with Crippen molar-refractivity contribution in [2.24, 2.45) is 0 Å². The Morgan fingerprint density at radius 3 is 2.64 bits per heavy atom. The topological polar surface area (TPSA) is 16.1 Å². The van der Waals surface area contributed by atoms with Crippen LogP contribution in [0.5, 0.6) is 0 Å². The van der Waals surface area contributed by atoms with Gasteiger partial charge in [-0.2, -0.15) is 0 Å². The van der Waals surface area contributed by atoms with Crippen LogP contribution in [0.1, 0.15) is 13.3 Å². The average molecular weight is 233 g/mol. The van der Waals surface area contributed by atoms with Crippen molar-refractivity contribution >= 4 is 29.0 Å². The summed E-state index contributed by atoms with van der Waals surface area (Å²) in [5.41, 5.74) is 0. The highest BCUT2D eigenvalue weighted by molar-refractivity contribution is 6.30. The molecule has 0 saturated heterocycles. The Hall–Kier alpha value is -0.470. The molecule has 0 aliphatic rings. The Morgan fingerprint density at radius 1 is 1.36 bits per heavy atom. The van der Waals surface area contributed by atoms with E-state index in [-0.39, 0.29) is 0 Å². The Balaban J connectivity index is 2.71. The number of anilines is 1. The summed E-state index contributed by atoms with van der Waals surface area (Å²) in [5.74, 6) is 1.56. The molecule has 0 radical (unpaired) electrons. The van der Waals surface area contributed by atoms with Gasteiger partial charge in [-0.15, -0.1) is 11.6 Å². The maximum Gasteiger partial charge on any atom is 0.128 e. The zero-order valence-electron chi connectivity index (χ0n) is 8.21. The summed E-state index contributed by atoms with van der Waals surface area (Å²) in [7, 11) is 0. The molecule has 0 aliphatic carbocycles. The molecular formula is C10H14Cl2N2. The molecule has 78 valence electrons. The van der Waals surface area contributed by atoms with Gasteiger partial charge in [0.1, 0.15) is 5.82 Å². The summed E-state index contributed by atoms with van der Waals surface area (Å²) in [5, 5.41) is 0.663. The molecule has 0 bridgehead atoms. The van der Waals surface area contributed by atoms with Crippen LogP contribution in [0.25, 0.3) is 0 Å². The number of hydrogen-bond acceptors (Lipinski definition) is 2. The molecule has 1 heterocycles. The first-order valence-corrected chi connectivity index (χ1v) is 5.61. The molecule has 0 aromatic carbocycles. The van der Waals surface area contributed by atoms with Crippen LogP contribution < -0.4 is 4.90 Å². The predicted molar refractivity (Wildman–Crippen MR) is 62.5 cm³/mol. The summed E-state index contributed by atoms with van der Waals surface area (Å²) < 4.78 is 0. The van der Waals surface area contributed by atoms with Crippen LogP contribution in [-0.4, -0.2) is 24.0 Å². The minimum absolute atomic E-state index is 0.615. The number of rotatable bonds is 5. The summed E-state index contributed by atoms with van der Waals surface area (Å²) in [6, 6.07) is 3.77. The van der Waals surface area contributed by atoms with Crippen molar-refractivity contribution in [3.8, 4) is 0 Å². The predicted octanol–water partition coefficient (Wildman–Crippen LogP) is 3.19. The van der Waals surface area contributed by atoms with E-state index in [0.29, 0.717) is 10.9 Å². The maximum absolute atomic E-state index is 5.76. The molecule has 0 aliphatic heterocycles. The highest BCUT2D eigenvalue weighted by atomic mass is 35.5. The second-order valence-corrected chi connectivity index (χ2v) is 3.83. The van der Waals surface area contributed by atoms with Gasteiger partial charge in [-0.05, 0) is 18.6 Å². The molecular weight excluding hydrogens is 219 g/mol. The van der Waals surface area contributed by atoms with E-state index in [9.17, 15) is 0 Å².